The van der Waals surface area contributed by atoms with E-state index in [0.29, 0.717) is 17.6 Å². The van der Waals surface area contributed by atoms with Crippen molar-refractivity contribution >= 4 is 69.4 Å². The maximum Gasteiger partial charge on any atom is 0.413 e. The van der Waals surface area contributed by atoms with E-state index in [0.717, 1.165) is 28.2 Å². The molecule has 2 atom stereocenters. The lowest BCUT2D eigenvalue weighted by molar-refractivity contribution is -0.179. The highest BCUT2D eigenvalue weighted by molar-refractivity contribution is 8.00. The number of nitrogens with one attached hydrogen (secondary N) is 2. The molecular formula is C45H50N6O9S2. The van der Waals surface area contributed by atoms with Crippen molar-refractivity contribution in [2.45, 2.75) is 103 Å². The first kappa shape index (κ1) is 45.5. The number of anilines is 1. The van der Waals surface area contributed by atoms with Crippen molar-refractivity contribution in [3.05, 3.63) is 118 Å². The number of oxime groups is 1. The van der Waals surface area contributed by atoms with Crippen LogP contribution in [0, 0.1) is 0 Å². The van der Waals surface area contributed by atoms with Gasteiger partial charge < -0.3 is 24.4 Å². The highest BCUT2D eigenvalue weighted by atomic mass is 32.2. The zero-order valence-corrected chi connectivity index (χ0v) is 37.6. The number of rotatable bonds is 13. The van der Waals surface area contributed by atoms with Crippen molar-refractivity contribution in [3.63, 3.8) is 0 Å². The number of fused-ring (bicyclic) bond motifs is 1. The van der Waals surface area contributed by atoms with E-state index in [4.69, 9.17) is 19.0 Å². The fraction of sp³-hybridized carbons (Fsp3) is 0.378. The van der Waals surface area contributed by atoms with Crippen molar-refractivity contribution < 1.29 is 43.0 Å². The molecule has 2 N–H and O–H groups in total. The summed E-state index contributed by atoms with van der Waals surface area (Å²) in [4.78, 5) is 84.7. The Bertz CT molecular complexity index is 2330. The summed E-state index contributed by atoms with van der Waals surface area (Å²) in [5.74, 6) is -2.64. The van der Waals surface area contributed by atoms with Crippen LogP contribution in [0.2, 0.25) is 0 Å². The molecule has 0 spiro atoms. The van der Waals surface area contributed by atoms with Gasteiger partial charge in [-0.3, -0.25) is 24.8 Å². The Balaban J connectivity index is 1.31. The number of esters is 2. The fourth-order valence-electron chi connectivity index (χ4n) is 6.23. The van der Waals surface area contributed by atoms with Crippen molar-refractivity contribution in [2.24, 2.45) is 5.16 Å². The third-order valence-corrected chi connectivity index (χ3v) is 11.3. The molecule has 326 valence electrons. The number of benzene rings is 2. The Hall–Kier alpha value is -6.07. The molecule has 0 unspecified atom stereocenters. The van der Waals surface area contributed by atoms with Gasteiger partial charge in [0.25, 0.3) is 11.8 Å². The third-order valence-electron chi connectivity index (χ3n) is 9.24. The molecule has 2 aliphatic rings. The number of carbonyl (C=O) groups excluding carboxylic acids is 5. The summed E-state index contributed by atoms with van der Waals surface area (Å²) in [6.45, 7) is 15.1. The van der Waals surface area contributed by atoms with E-state index in [1.807, 2.05) is 79.7 Å². The van der Waals surface area contributed by atoms with Crippen molar-refractivity contribution in [2.75, 3.05) is 11.1 Å². The molecule has 2 aromatic carbocycles. The normalized spacial score (nSPS) is 16.8. The number of hydrogen-bond donors (Lipinski definition) is 2. The number of thiazole rings is 1. The van der Waals surface area contributed by atoms with Crippen molar-refractivity contribution in [1.82, 2.24) is 20.2 Å². The predicted octanol–water partition coefficient (Wildman–Crippen LogP) is 7.43. The van der Waals surface area contributed by atoms with E-state index >= 15 is 0 Å². The lowest BCUT2D eigenvalue weighted by atomic mass is 9.98. The molecule has 0 saturated carbocycles. The molecular weight excluding hydrogens is 833 g/mol. The monoisotopic (exact) mass is 882 g/mol. The lowest BCUT2D eigenvalue weighted by Gasteiger charge is -2.49. The van der Waals surface area contributed by atoms with Crippen LogP contribution in [0.15, 0.2) is 95.2 Å². The van der Waals surface area contributed by atoms with Gasteiger partial charge in [-0.05, 0) is 84.6 Å². The van der Waals surface area contributed by atoms with Crippen LogP contribution >= 0.6 is 23.1 Å². The molecule has 3 amide bonds. The maximum atomic E-state index is 14.6. The summed E-state index contributed by atoms with van der Waals surface area (Å²) < 4.78 is 17.2. The molecule has 0 aliphatic carbocycles. The van der Waals surface area contributed by atoms with E-state index in [2.05, 4.69) is 25.8 Å². The van der Waals surface area contributed by atoms with E-state index < -0.39 is 69.9 Å². The molecule has 2 aliphatic heterocycles. The highest BCUT2D eigenvalue weighted by Gasteiger charge is 2.55. The van der Waals surface area contributed by atoms with E-state index in [-0.39, 0.29) is 22.3 Å². The summed E-state index contributed by atoms with van der Waals surface area (Å²) in [6.07, 6.45) is 0.829. The minimum atomic E-state index is -1.66. The number of carbonyl (C=O) groups is 5. The molecule has 4 heterocycles. The second kappa shape index (κ2) is 18.5. The van der Waals surface area contributed by atoms with E-state index in [1.165, 1.54) is 35.9 Å². The van der Waals surface area contributed by atoms with Crippen molar-refractivity contribution in [3.8, 4) is 0 Å². The second-order valence-electron chi connectivity index (χ2n) is 16.9. The molecule has 62 heavy (non-hydrogen) atoms. The molecule has 17 heteroatoms. The van der Waals surface area contributed by atoms with Gasteiger partial charge >= 0.3 is 18.0 Å². The zero-order valence-electron chi connectivity index (χ0n) is 36.0. The number of aryl methyl sites for hydroxylation is 1. The summed E-state index contributed by atoms with van der Waals surface area (Å²) in [5, 5.41) is 10.2. The molecule has 2 aromatic heterocycles. The first-order chi connectivity index (χ1) is 29.2. The average Bonchev–Trinajstić information content (AvgIpc) is 3.68. The van der Waals surface area contributed by atoms with Crippen LogP contribution in [0.25, 0.3) is 5.57 Å². The van der Waals surface area contributed by atoms with Crippen LogP contribution < -0.4 is 10.6 Å². The molecule has 15 nitrogen and oxygen atoms in total. The summed E-state index contributed by atoms with van der Waals surface area (Å²) >= 11 is 2.34. The standard InChI is InChI=1S/C45H50N6O9S2/c1-10-29-22-21-28(23-46-29)30-24-61-38-33(37(53)51(38)34(30)39(54)57-35(26-17-13-11-14-18-26)27-19-15-12-16-20-27)48-36(52)32(50-60-45(8,9)40(55)58-43(2,3)4)31-25-62-41(47-31)49-42(56)59-44(5,6)7/h11-23,25,33,35,38H,10,24H2,1-9H3,(H,48,52)(H,47,49,56)/b50-32-/t33-,38-/m1/s1. The van der Waals surface area contributed by atoms with Gasteiger partial charge in [0, 0.05) is 28.6 Å². The number of hydrogen-bond acceptors (Lipinski definition) is 14. The second-order valence-corrected chi connectivity index (χ2v) is 18.9. The summed E-state index contributed by atoms with van der Waals surface area (Å²) in [6, 6.07) is 21.2. The van der Waals surface area contributed by atoms with Gasteiger partial charge in [0.2, 0.25) is 5.60 Å². The van der Waals surface area contributed by atoms with Gasteiger partial charge in [-0.15, -0.1) is 23.1 Å². The van der Waals surface area contributed by atoms with Gasteiger partial charge in [0.05, 0.1) is 0 Å². The van der Waals surface area contributed by atoms with Gasteiger partial charge in [0.15, 0.2) is 16.9 Å². The predicted molar refractivity (Wildman–Crippen MR) is 236 cm³/mol. The number of amides is 3. The van der Waals surface area contributed by atoms with Crippen molar-refractivity contribution in [1.29, 1.82) is 0 Å². The molecule has 4 aromatic rings. The van der Waals surface area contributed by atoms with E-state index in [1.54, 1.807) is 47.7 Å². The first-order valence-electron chi connectivity index (χ1n) is 19.9. The van der Waals surface area contributed by atoms with Gasteiger partial charge in [-0.2, -0.15) is 0 Å². The summed E-state index contributed by atoms with van der Waals surface area (Å²) in [5.41, 5.74) is -0.131. The Morgan fingerprint density at radius 1 is 0.887 bits per heavy atom. The number of aromatic nitrogens is 2. The topological polar surface area (TPSA) is 188 Å². The Labute approximate surface area is 368 Å². The maximum absolute atomic E-state index is 14.6. The van der Waals surface area contributed by atoms with Crippen LogP contribution in [-0.4, -0.2) is 84.4 Å². The smallest absolute Gasteiger partial charge is 0.413 e. The van der Waals surface area contributed by atoms with Crippen LogP contribution in [0.3, 0.4) is 0 Å². The lowest BCUT2D eigenvalue weighted by Crippen LogP contribution is -2.71. The number of β-lactam (4-membered cyclic amide) rings is 1. The molecule has 1 saturated heterocycles. The van der Waals surface area contributed by atoms with Gasteiger partial charge in [-0.1, -0.05) is 78.8 Å². The van der Waals surface area contributed by atoms with Crippen LogP contribution in [0.4, 0.5) is 9.93 Å². The molecule has 0 bridgehead atoms. The minimum absolute atomic E-state index is 0.0270. The number of ether oxygens (including phenoxy) is 3. The van der Waals surface area contributed by atoms with Gasteiger partial charge in [-0.25, -0.2) is 19.4 Å². The zero-order chi connectivity index (χ0) is 45.0. The average molecular weight is 883 g/mol. The first-order valence-corrected chi connectivity index (χ1v) is 21.9. The van der Waals surface area contributed by atoms with Crippen LogP contribution in [0.1, 0.15) is 96.5 Å². The Kier molecular flexibility index (Phi) is 13.6. The van der Waals surface area contributed by atoms with Crippen LogP contribution in [0.5, 0.6) is 0 Å². The Morgan fingerprint density at radius 3 is 2.08 bits per heavy atom. The number of nitrogens with zero attached hydrogens (tertiary/aromatic N) is 4. The largest absolute Gasteiger partial charge is 0.457 e. The Morgan fingerprint density at radius 2 is 1.52 bits per heavy atom. The van der Waals surface area contributed by atoms with Gasteiger partial charge in [0.1, 0.15) is 34.0 Å². The van der Waals surface area contributed by atoms with Crippen LogP contribution in [-0.2, 0) is 44.6 Å². The highest BCUT2D eigenvalue weighted by Crippen LogP contribution is 2.44. The quantitative estimate of drug-likeness (QED) is 0.0445. The van der Waals surface area contributed by atoms with E-state index in [9.17, 15) is 24.0 Å². The third kappa shape index (κ3) is 10.9. The number of thioether (sulfide) groups is 1. The molecule has 6 rings (SSSR count). The molecule has 0 radical (unpaired) electrons. The molecule has 1 fully saturated rings. The fourth-order valence-corrected chi connectivity index (χ4v) is 8.29. The SMILES string of the molecule is CCc1ccc(C2=C(C(=O)OC(c3ccccc3)c3ccccc3)N3C(=O)[C@@H](NC(=O)/C(=N\OC(C)(C)C(=O)OC(C)(C)C)c4csc(NC(=O)OC(C)(C)C)n4)[C@H]3SC2)cn1. The number of pyridine rings is 1. The summed E-state index contributed by atoms with van der Waals surface area (Å²) in [7, 11) is 0. The minimum Gasteiger partial charge on any atom is -0.457 e.